The lowest BCUT2D eigenvalue weighted by Crippen LogP contribution is -2.46. The van der Waals surface area contributed by atoms with Crippen LogP contribution in [0.25, 0.3) is 10.9 Å². The molecule has 1 aromatic heterocycles. The molecule has 2 heterocycles. The van der Waals surface area contributed by atoms with E-state index in [0.29, 0.717) is 12.6 Å². The number of likely N-dealkylation sites (tertiary alicyclic amines) is 1. The summed E-state index contributed by atoms with van der Waals surface area (Å²) in [6.45, 7) is 11.3. The molecule has 1 atom stereocenters. The fourth-order valence-corrected chi connectivity index (χ4v) is 3.97. The Morgan fingerprint density at radius 1 is 1.23 bits per heavy atom. The first-order chi connectivity index (χ1) is 12.6. The molecule has 1 unspecified atom stereocenters. The molecule has 2 aliphatic rings. The van der Waals surface area contributed by atoms with Crippen LogP contribution in [0.3, 0.4) is 0 Å². The third-order valence-electron chi connectivity index (χ3n) is 5.39. The monoisotopic (exact) mass is 370 g/mol. The van der Waals surface area contributed by atoms with Crippen molar-refractivity contribution in [3.63, 3.8) is 0 Å². The van der Waals surface area contributed by atoms with Gasteiger partial charge >= 0.3 is 0 Å². The number of nitrogens with one attached hydrogen (secondary N) is 3. The van der Waals surface area contributed by atoms with Gasteiger partial charge in [0.1, 0.15) is 0 Å². The Morgan fingerprint density at radius 3 is 2.88 bits per heavy atom. The lowest BCUT2D eigenvalue weighted by molar-refractivity contribution is 0.232. The zero-order valence-electron chi connectivity index (χ0n) is 15.2. The van der Waals surface area contributed by atoms with E-state index < -0.39 is 0 Å². The normalized spacial score (nSPS) is 20.2. The summed E-state index contributed by atoms with van der Waals surface area (Å²) in [5, 5.41) is 8.84. The van der Waals surface area contributed by atoms with Crippen LogP contribution in [0.1, 0.15) is 31.4 Å². The van der Waals surface area contributed by atoms with Crippen LogP contribution in [0.15, 0.2) is 48.9 Å². The Morgan fingerprint density at radius 2 is 2.08 bits per heavy atom. The molecular formula is C21H27ClN4. The molecule has 2 aromatic rings. The lowest BCUT2D eigenvalue weighted by Gasteiger charge is -2.36. The summed E-state index contributed by atoms with van der Waals surface area (Å²) in [5.74, 6) is 1.62. The molecule has 0 radical (unpaired) electrons. The molecule has 0 amide bonds. The molecule has 3 N–H and O–H groups in total. The van der Waals surface area contributed by atoms with Crippen LogP contribution in [0.4, 0.5) is 0 Å². The van der Waals surface area contributed by atoms with Crippen LogP contribution >= 0.6 is 11.6 Å². The maximum absolute atomic E-state index is 6.06. The maximum atomic E-state index is 6.06. The smallest absolute Gasteiger partial charge is 0.0918 e. The van der Waals surface area contributed by atoms with Crippen molar-refractivity contribution in [2.75, 3.05) is 13.1 Å². The molecular weight excluding hydrogens is 344 g/mol. The van der Waals surface area contributed by atoms with Gasteiger partial charge in [0.15, 0.2) is 0 Å². The topological polar surface area (TPSA) is 43.1 Å². The van der Waals surface area contributed by atoms with Crippen LogP contribution in [-0.4, -0.2) is 29.0 Å². The average Bonchev–Trinajstić information content (AvgIpc) is 3.40. The molecule has 1 saturated carbocycles. The third-order valence-corrected chi connectivity index (χ3v) is 5.62. The SMILES string of the molecule is C=C(NCc1cc2cc(Cl)ccc2[nH]1)NC1CCCN(C(=C)C2CC2)C1. The Labute approximate surface area is 160 Å². The van der Waals surface area contributed by atoms with E-state index >= 15 is 0 Å². The summed E-state index contributed by atoms with van der Waals surface area (Å²) in [6.07, 6.45) is 5.02. The van der Waals surface area contributed by atoms with Crippen molar-refractivity contribution in [3.05, 3.63) is 59.7 Å². The van der Waals surface area contributed by atoms with Gasteiger partial charge in [-0.2, -0.15) is 0 Å². The number of rotatable bonds is 7. The van der Waals surface area contributed by atoms with Crippen molar-refractivity contribution in [2.24, 2.45) is 5.92 Å². The molecule has 2 fully saturated rings. The van der Waals surface area contributed by atoms with Gasteiger partial charge in [-0.1, -0.05) is 24.8 Å². The van der Waals surface area contributed by atoms with Crippen molar-refractivity contribution < 1.29 is 0 Å². The molecule has 5 heteroatoms. The zero-order valence-corrected chi connectivity index (χ0v) is 15.9. The summed E-state index contributed by atoms with van der Waals surface area (Å²) in [6, 6.07) is 8.46. The number of aromatic nitrogens is 1. The van der Waals surface area contributed by atoms with Gasteiger partial charge < -0.3 is 20.5 Å². The van der Waals surface area contributed by atoms with E-state index in [1.54, 1.807) is 0 Å². The van der Waals surface area contributed by atoms with Crippen molar-refractivity contribution in [1.82, 2.24) is 20.5 Å². The molecule has 0 bridgehead atoms. The molecule has 1 aliphatic heterocycles. The zero-order chi connectivity index (χ0) is 18.1. The minimum Gasteiger partial charge on any atom is -0.373 e. The number of allylic oxidation sites excluding steroid dienone is 1. The molecule has 4 nitrogen and oxygen atoms in total. The van der Waals surface area contributed by atoms with E-state index in [2.05, 4.69) is 39.7 Å². The van der Waals surface area contributed by atoms with Crippen molar-refractivity contribution in [2.45, 2.75) is 38.3 Å². The highest BCUT2D eigenvalue weighted by Gasteiger charge is 2.30. The first-order valence-corrected chi connectivity index (χ1v) is 9.86. The third kappa shape index (κ3) is 4.01. The highest BCUT2D eigenvalue weighted by Crippen LogP contribution is 2.38. The minimum absolute atomic E-state index is 0.431. The average molecular weight is 371 g/mol. The van der Waals surface area contributed by atoms with E-state index in [1.807, 2.05) is 18.2 Å². The van der Waals surface area contributed by atoms with Crippen LogP contribution in [0.5, 0.6) is 0 Å². The molecule has 0 spiro atoms. The molecule has 1 aromatic carbocycles. The van der Waals surface area contributed by atoms with Crippen molar-refractivity contribution in [3.8, 4) is 0 Å². The van der Waals surface area contributed by atoms with E-state index in [0.717, 1.165) is 46.4 Å². The molecule has 1 saturated heterocycles. The van der Waals surface area contributed by atoms with E-state index in [4.69, 9.17) is 11.6 Å². The van der Waals surface area contributed by atoms with Crippen molar-refractivity contribution in [1.29, 1.82) is 0 Å². The number of aromatic amines is 1. The standard InChI is InChI=1S/C21H27ClN4/c1-14(16-5-6-16)26-9-3-4-19(13-26)24-15(2)23-12-20-11-17-10-18(22)7-8-21(17)25-20/h7-8,10-11,16,19,23-25H,1-6,9,12-13H2. The van der Waals surface area contributed by atoms with Gasteiger partial charge in [-0.15, -0.1) is 0 Å². The second kappa shape index (κ2) is 7.28. The summed E-state index contributed by atoms with van der Waals surface area (Å²) in [5.41, 5.74) is 3.57. The Hall–Kier alpha value is -2.07. The van der Waals surface area contributed by atoms with Gasteiger partial charge in [-0.05, 0) is 55.9 Å². The summed E-state index contributed by atoms with van der Waals surface area (Å²) in [7, 11) is 0. The number of hydrogen-bond acceptors (Lipinski definition) is 3. The Bertz CT molecular complexity index is 821. The first-order valence-electron chi connectivity index (χ1n) is 9.48. The maximum Gasteiger partial charge on any atom is 0.0918 e. The van der Waals surface area contributed by atoms with Gasteiger partial charge in [0.2, 0.25) is 0 Å². The number of fused-ring (bicyclic) bond motifs is 1. The number of hydrogen-bond donors (Lipinski definition) is 3. The van der Waals surface area contributed by atoms with Crippen LogP contribution in [-0.2, 0) is 6.54 Å². The second-order valence-corrected chi connectivity index (χ2v) is 7.99. The lowest BCUT2D eigenvalue weighted by atomic mass is 10.0. The van der Waals surface area contributed by atoms with Crippen LogP contribution in [0.2, 0.25) is 5.02 Å². The summed E-state index contributed by atoms with van der Waals surface area (Å²) in [4.78, 5) is 5.88. The molecule has 26 heavy (non-hydrogen) atoms. The van der Waals surface area contributed by atoms with Crippen molar-refractivity contribution >= 4 is 22.5 Å². The predicted octanol–water partition coefficient (Wildman–Crippen LogP) is 4.36. The van der Waals surface area contributed by atoms with Gasteiger partial charge in [-0.3, -0.25) is 0 Å². The highest BCUT2D eigenvalue weighted by atomic mass is 35.5. The number of nitrogens with zero attached hydrogens (tertiary/aromatic N) is 1. The largest absolute Gasteiger partial charge is 0.373 e. The molecule has 138 valence electrons. The van der Waals surface area contributed by atoms with Crippen LogP contribution in [0, 0.1) is 5.92 Å². The Kier molecular flexibility index (Phi) is 4.86. The van der Waals surface area contributed by atoms with E-state index in [9.17, 15) is 0 Å². The number of halogens is 1. The molecule has 1 aliphatic carbocycles. The number of piperidine rings is 1. The summed E-state index contributed by atoms with van der Waals surface area (Å²) >= 11 is 6.06. The van der Waals surface area contributed by atoms with Gasteiger partial charge in [0.25, 0.3) is 0 Å². The highest BCUT2D eigenvalue weighted by molar-refractivity contribution is 6.31. The fourth-order valence-electron chi connectivity index (χ4n) is 3.79. The second-order valence-electron chi connectivity index (χ2n) is 7.55. The minimum atomic E-state index is 0.431. The van der Waals surface area contributed by atoms with Gasteiger partial charge in [0.05, 0.1) is 12.4 Å². The summed E-state index contributed by atoms with van der Waals surface area (Å²) < 4.78 is 0. The van der Waals surface area contributed by atoms with E-state index in [1.165, 1.54) is 31.4 Å². The fraction of sp³-hybridized carbons (Fsp3) is 0.429. The molecule has 4 rings (SSSR count). The van der Waals surface area contributed by atoms with E-state index in [-0.39, 0.29) is 0 Å². The predicted molar refractivity (Wildman–Crippen MR) is 109 cm³/mol. The number of benzene rings is 1. The quantitative estimate of drug-likeness (QED) is 0.678. The van der Waals surface area contributed by atoms with Gasteiger partial charge in [-0.25, -0.2) is 0 Å². The Balaban J connectivity index is 1.28. The first kappa shape index (κ1) is 17.3. The number of H-pyrrole nitrogens is 1. The van der Waals surface area contributed by atoms with Gasteiger partial charge in [0, 0.05) is 46.4 Å². The van der Waals surface area contributed by atoms with Crippen LogP contribution < -0.4 is 10.6 Å².